The maximum absolute atomic E-state index is 11.4. The quantitative estimate of drug-likeness (QED) is 0.784. The first-order valence-corrected chi connectivity index (χ1v) is 6.21. The first-order chi connectivity index (χ1) is 8.20. The lowest BCUT2D eigenvalue weighted by Crippen LogP contribution is -2.25. The SMILES string of the molecule is CCOC(=O)C(C)Oc1nc2ccccc2s1. The van der Waals surface area contributed by atoms with E-state index in [0.29, 0.717) is 11.8 Å². The van der Waals surface area contributed by atoms with Gasteiger partial charge < -0.3 is 9.47 Å². The number of para-hydroxylation sites is 1. The minimum absolute atomic E-state index is 0.354. The standard InChI is InChI=1S/C12H13NO3S/c1-3-15-11(14)8(2)16-12-13-9-6-4-5-7-10(9)17-12/h4-8H,3H2,1-2H3. The Morgan fingerprint density at radius 1 is 1.47 bits per heavy atom. The number of benzene rings is 1. The number of hydrogen-bond donors (Lipinski definition) is 0. The van der Waals surface area contributed by atoms with E-state index in [2.05, 4.69) is 4.98 Å². The summed E-state index contributed by atoms with van der Waals surface area (Å²) in [5.41, 5.74) is 0.878. The summed E-state index contributed by atoms with van der Waals surface area (Å²) < 4.78 is 11.3. The molecular formula is C12H13NO3S. The van der Waals surface area contributed by atoms with E-state index in [4.69, 9.17) is 9.47 Å². The Morgan fingerprint density at radius 3 is 2.94 bits per heavy atom. The molecule has 1 heterocycles. The Kier molecular flexibility index (Phi) is 3.58. The Balaban J connectivity index is 2.10. The molecule has 0 bridgehead atoms. The molecule has 0 saturated carbocycles. The molecule has 0 saturated heterocycles. The lowest BCUT2D eigenvalue weighted by Gasteiger charge is -2.10. The highest BCUT2D eigenvalue weighted by molar-refractivity contribution is 7.20. The first-order valence-electron chi connectivity index (χ1n) is 5.39. The fraction of sp³-hybridized carbons (Fsp3) is 0.333. The molecule has 4 nitrogen and oxygen atoms in total. The molecule has 1 atom stereocenters. The van der Waals surface area contributed by atoms with Gasteiger partial charge in [0.15, 0.2) is 6.10 Å². The van der Waals surface area contributed by atoms with Crippen molar-refractivity contribution in [3.63, 3.8) is 0 Å². The molecule has 5 heteroatoms. The predicted octanol–water partition coefficient (Wildman–Crippen LogP) is 2.63. The van der Waals surface area contributed by atoms with Crippen LogP contribution >= 0.6 is 11.3 Å². The normalized spacial score (nSPS) is 12.4. The van der Waals surface area contributed by atoms with Crippen molar-refractivity contribution in [2.24, 2.45) is 0 Å². The molecule has 1 aromatic heterocycles. The maximum atomic E-state index is 11.4. The van der Waals surface area contributed by atoms with Gasteiger partial charge in [-0.3, -0.25) is 0 Å². The van der Waals surface area contributed by atoms with Crippen LogP contribution in [-0.4, -0.2) is 23.7 Å². The number of aromatic nitrogens is 1. The average Bonchev–Trinajstić information content (AvgIpc) is 2.71. The van der Waals surface area contributed by atoms with Gasteiger partial charge in [-0.2, -0.15) is 0 Å². The zero-order chi connectivity index (χ0) is 12.3. The number of nitrogens with zero attached hydrogens (tertiary/aromatic N) is 1. The number of carbonyl (C=O) groups is 1. The van der Waals surface area contributed by atoms with E-state index in [1.54, 1.807) is 13.8 Å². The molecule has 0 fully saturated rings. The Labute approximate surface area is 103 Å². The summed E-state index contributed by atoms with van der Waals surface area (Å²) in [6.45, 7) is 3.78. The molecule has 0 aliphatic heterocycles. The lowest BCUT2D eigenvalue weighted by atomic mass is 10.3. The molecule has 17 heavy (non-hydrogen) atoms. The number of ether oxygens (including phenoxy) is 2. The zero-order valence-corrected chi connectivity index (χ0v) is 10.5. The number of rotatable bonds is 4. The highest BCUT2D eigenvalue weighted by atomic mass is 32.1. The Hall–Kier alpha value is -1.62. The summed E-state index contributed by atoms with van der Waals surface area (Å²) in [6, 6.07) is 7.74. The molecule has 0 radical (unpaired) electrons. The monoisotopic (exact) mass is 251 g/mol. The molecule has 0 spiro atoms. The summed E-state index contributed by atoms with van der Waals surface area (Å²) >= 11 is 1.42. The van der Waals surface area contributed by atoms with E-state index in [1.165, 1.54) is 11.3 Å². The van der Waals surface area contributed by atoms with Crippen LogP contribution in [0.25, 0.3) is 10.2 Å². The van der Waals surface area contributed by atoms with E-state index in [9.17, 15) is 4.79 Å². The lowest BCUT2D eigenvalue weighted by molar-refractivity contribution is -0.150. The van der Waals surface area contributed by atoms with Gasteiger partial charge in [-0.25, -0.2) is 9.78 Å². The van der Waals surface area contributed by atoms with Gasteiger partial charge in [0.25, 0.3) is 5.19 Å². The van der Waals surface area contributed by atoms with Crippen LogP contribution in [-0.2, 0) is 9.53 Å². The molecule has 0 aliphatic carbocycles. The summed E-state index contributed by atoms with van der Waals surface area (Å²) in [5, 5.41) is 0.492. The van der Waals surface area contributed by atoms with Crippen LogP contribution in [0.5, 0.6) is 5.19 Å². The van der Waals surface area contributed by atoms with Crippen molar-refractivity contribution in [3.05, 3.63) is 24.3 Å². The van der Waals surface area contributed by atoms with Crippen LogP contribution in [0.4, 0.5) is 0 Å². The van der Waals surface area contributed by atoms with Crippen molar-refractivity contribution in [2.75, 3.05) is 6.61 Å². The molecule has 1 aromatic carbocycles. The van der Waals surface area contributed by atoms with E-state index < -0.39 is 6.10 Å². The van der Waals surface area contributed by atoms with Crippen molar-refractivity contribution in [3.8, 4) is 5.19 Å². The van der Waals surface area contributed by atoms with Crippen molar-refractivity contribution in [1.29, 1.82) is 0 Å². The van der Waals surface area contributed by atoms with Crippen molar-refractivity contribution in [2.45, 2.75) is 20.0 Å². The predicted molar refractivity (Wildman–Crippen MR) is 66.3 cm³/mol. The first kappa shape index (κ1) is 11.9. The number of hydrogen-bond acceptors (Lipinski definition) is 5. The number of carbonyl (C=O) groups excluding carboxylic acids is 1. The second kappa shape index (κ2) is 5.14. The van der Waals surface area contributed by atoms with Gasteiger partial charge in [0.2, 0.25) is 0 Å². The molecule has 0 aliphatic rings. The average molecular weight is 251 g/mol. The summed E-state index contributed by atoms with van der Waals surface area (Å²) in [7, 11) is 0. The van der Waals surface area contributed by atoms with Gasteiger partial charge in [0.05, 0.1) is 16.8 Å². The highest BCUT2D eigenvalue weighted by Gasteiger charge is 2.17. The highest BCUT2D eigenvalue weighted by Crippen LogP contribution is 2.27. The van der Waals surface area contributed by atoms with E-state index in [0.717, 1.165) is 10.2 Å². The van der Waals surface area contributed by atoms with Crippen molar-refractivity contribution in [1.82, 2.24) is 4.98 Å². The molecule has 2 rings (SSSR count). The summed E-state index contributed by atoms with van der Waals surface area (Å²) in [6.07, 6.45) is -0.629. The van der Waals surface area contributed by atoms with Crippen LogP contribution in [0.1, 0.15) is 13.8 Å². The van der Waals surface area contributed by atoms with Crippen LogP contribution in [0.3, 0.4) is 0 Å². The zero-order valence-electron chi connectivity index (χ0n) is 9.67. The fourth-order valence-electron chi connectivity index (χ4n) is 1.36. The maximum Gasteiger partial charge on any atom is 0.347 e. The van der Waals surface area contributed by atoms with Gasteiger partial charge in [-0.1, -0.05) is 23.5 Å². The minimum atomic E-state index is -0.629. The molecule has 0 amide bonds. The third kappa shape index (κ3) is 2.74. The van der Waals surface area contributed by atoms with Crippen LogP contribution in [0.2, 0.25) is 0 Å². The van der Waals surface area contributed by atoms with Crippen molar-refractivity contribution < 1.29 is 14.3 Å². The molecule has 0 N–H and O–H groups in total. The van der Waals surface area contributed by atoms with E-state index >= 15 is 0 Å². The van der Waals surface area contributed by atoms with Crippen LogP contribution in [0.15, 0.2) is 24.3 Å². The minimum Gasteiger partial charge on any atom is -0.463 e. The van der Waals surface area contributed by atoms with E-state index in [1.807, 2.05) is 24.3 Å². The Morgan fingerprint density at radius 2 is 2.24 bits per heavy atom. The topological polar surface area (TPSA) is 48.4 Å². The Bertz CT molecular complexity index is 490. The molecule has 1 unspecified atom stereocenters. The second-order valence-electron chi connectivity index (χ2n) is 3.46. The fourth-order valence-corrected chi connectivity index (χ4v) is 2.25. The van der Waals surface area contributed by atoms with Gasteiger partial charge in [0.1, 0.15) is 0 Å². The molecular weight excluding hydrogens is 238 g/mol. The van der Waals surface area contributed by atoms with Gasteiger partial charge in [0, 0.05) is 0 Å². The van der Waals surface area contributed by atoms with E-state index in [-0.39, 0.29) is 5.97 Å². The number of thiazole rings is 1. The van der Waals surface area contributed by atoms with Crippen molar-refractivity contribution >= 4 is 27.5 Å². The summed E-state index contributed by atoms with van der Waals surface area (Å²) in [4.78, 5) is 15.7. The number of fused-ring (bicyclic) bond motifs is 1. The molecule has 2 aromatic rings. The third-order valence-corrected chi connectivity index (χ3v) is 3.10. The van der Waals surface area contributed by atoms with Crippen LogP contribution in [0, 0.1) is 0 Å². The second-order valence-corrected chi connectivity index (χ2v) is 4.45. The van der Waals surface area contributed by atoms with Gasteiger partial charge in [-0.05, 0) is 26.0 Å². The largest absolute Gasteiger partial charge is 0.463 e. The smallest absolute Gasteiger partial charge is 0.347 e. The summed E-state index contributed by atoms with van der Waals surface area (Å²) in [5.74, 6) is -0.369. The van der Waals surface area contributed by atoms with Crippen LogP contribution < -0.4 is 4.74 Å². The van der Waals surface area contributed by atoms with Gasteiger partial charge in [-0.15, -0.1) is 0 Å². The third-order valence-electron chi connectivity index (χ3n) is 2.17. The number of esters is 1. The molecule has 90 valence electrons. The van der Waals surface area contributed by atoms with Gasteiger partial charge >= 0.3 is 5.97 Å².